The van der Waals surface area contributed by atoms with Crippen LogP contribution >= 0.6 is 23.1 Å². The van der Waals surface area contributed by atoms with Crippen molar-refractivity contribution >= 4 is 62.2 Å². The third-order valence-corrected chi connectivity index (χ3v) is 7.35. The fraction of sp³-hybridized carbons (Fsp3) is 0.160. The van der Waals surface area contributed by atoms with Gasteiger partial charge in [0.25, 0.3) is 0 Å². The van der Waals surface area contributed by atoms with Crippen molar-refractivity contribution in [2.75, 3.05) is 41.8 Å². The highest BCUT2D eigenvalue weighted by Crippen LogP contribution is 2.36. The zero-order valence-electron chi connectivity index (χ0n) is 18.7. The molecule has 178 valence electrons. The molecule has 2 aromatic heterocycles. The van der Waals surface area contributed by atoms with E-state index in [0.717, 1.165) is 20.1 Å². The molecule has 0 bridgehead atoms. The van der Waals surface area contributed by atoms with E-state index in [4.69, 9.17) is 9.72 Å². The Morgan fingerprint density at radius 1 is 1.14 bits per heavy atom. The number of anilines is 4. The molecule has 1 fully saturated rings. The molecule has 0 saturated carbocycles. The van der Waals surface area contributed by atoms with Crippen LogP contribution in [0.25, 0.3) is 10.2 Å². The van der Waals surface area contributed by atoms with Crippen molar-refractivity contribution in [2.24, 2.45) is 0 Å². The molecule has 0 unspecified atom stereocenters. The molecule has 0 atom stereocenters. The number of carbonyl (C=O) groups is 1. The fourth-order valence-corrected chi connectivity index (χ4v) is 5.55. The molecule has 2 N–H and O–H groups in total. The number of halogens is 1. The van der Waals surface area contributed by atoms with E-state index in [1.807, 2.05) is 46.7 Å². The number of benzene rings is 2. The Morgan fingerprint density at radius 2 is 2.00 bits per heavy atom. The van der Waals surface area contributed by atoms with E-state index in [2.05, 4.69) is 22.2 Å². The van der Waals surface area contributed by atoms with Gasteiger partial charge in [-0.15, -0.1) is 11.3 Å². The summed E-state index contributed by atoms with van der Waals surface area (Å²) in [6.07, 6.45) is 1.23. The third-order valence-electron chi connectivity index (χ3n) is 5.33. The van der Waals surface area contributed by atoms with Gasteiger partial charge in [0.05, 0.1) is 29.1 Å². The maximum absolute atomic E-state index is 14.9. The summed E-state index contributed by atoms with van der Waals surface area (Å²) in [6, 6.07) is 14.5. The Bertz CT molecular complexity index is 1390. The van der Waals surface area contributed by atoms with E-state index >= 15 is 0 Å². The number of rotatable bonds is 7. The predicted molar refractivity (Wildman–Crippen MR) is 140 cm³/mol. The normalized spacial score (nSPS) is 13.6. The van der Waals surface area contributed by atoms with Gasteiger partial charge in [-0.1, -0.05) is 24.4 Å². The van der Waals surface area contributed by atoms with Crippen LogP contribution in [-0.4, -0.2) is 42.2 Å². The summed E-state index contributed by atoms with van der Waals surface area (Å²) in [6.45, 7) is 6.01. The van der Waals surface area contributed by atoms with Gasteiger partial charge in [-0.05, 0) is 53.9 Å². The van der Waals surface area contributed by atoms with Crippen LogP contribution in [0.3, 0.4) is 0 Å². The minimum absolute atomic E-state index is 0.270. The first-order valence-corrected chi connectivity index (χ1v) is 12.6. The smallest absolute Gasteiger partial charge is 0.247 e. The first-order chi connectivity index (χ1) is 17.1. The van der Waals surface area contributed by atoms with Gasteiger partial charge in [0, 0.05) is 29.4 Å². The minimum atomic E-state index is -0.304. The number of nitrogens with zero attached hydrogens (tertiary/aromatic N) is 3. The van der Waals surface area contributed by atoms with E-state index in [9.17, 15) is 9.18 Å². The standard InChI is InChI=1S/C25H22FN5O2S2/c1-2-22(32)27-16-4-3-5-18(14-16)35-24-23-20(8-13-34-23)29-25(30-24)28-17-6-7-21(19(26)15-17)31-9-11-33-12-10-31/h2-8,13-15H,1,9-12H2,(H,27,32)(H,28,29,30). The van der Waals surface area contributed by atoms with Gasteiger partial charge in [-0.25, -0.2) is 14.4 Å². The molecule has 0 radical (unpaired) electrons. The second-order valence-corrected chi connectivity index (χ2v) is 9.68. The summed E-state index contributed by atoms with van der Waals surface area (Å²) in [5.74, 6) is -0.192. The third kappa shape index (κ3) is 5.45. The van der Waals surface area contributed by atoms with E-state index in [1.54, 1.807) is 17.4 Å². The molecule has 4 aromatic rings. The SMILES string of the molecule is C=CC(=O)Nc1cccc(Sc2nc(Nc3ccc(N4CCOCC4)c(F)c3)nc3ccsc23)c1. The lowest BCUT2D eigenvalue weighted by atomic mass is 10.2. The number of morpholine rings is 1. The molecular weight excluding hydrogens is 485 g/mol. The van der Waals surface area contributed by atoms with Crippen molar-refractivity contribution in [3.63, 3.8) is 0 Å². The molecule has 1 amide bonds. The first-order valence-electron chi connectivity index (χ1n) is 10.9. The lowest BCUT2D eigenvalue weighted by Gasteiger charge is -2.29. The summed E-state index contributed by atoms with van der Waals surface area (Å²) < 4.78 is 21.2. The summed E-state index contributed by atoms with van der Waals surface area (Å²) in [4.78, 5) is 23.8. The fourth-order valence-electron chi connectivity index (χ4n) is 3.68. The molecule has 35 heavy (non-hydrogen) atoms. The number of amides is 1. The molecule has 0 aliphatic carbocycles. The Labute approximate surface area is 210 Å². The van der Waals surface area contributed by atoms with Crippen LogP contribution in [0.15, 0.2) is 76.5 Å². The largest absolute Gasteiger partial charge is 0.378 e. The quantitative estimate of drug-likeness (QED) is 0.246. The summed E-state index contributed by atoms with van der Waals surface area (Å²) in [5.41, 5.74) is 2.61. The van der Waals surface area contributed by atoms with Crippen LogP contribution in [0.5, 0.6) is 0 Å². The summed E-state index contributed by atoms with van der Waals surface area (Å²) in [7, 11) is 0. The molecule has 3 heterocycles. The van der Waals surface area contributed by atoms with Crippen molar-refractivity contribution in [2.45, 2.75) is 9.92 Å². The number of hydrogen-bond donors (Lipinski definition) is 2. The zero-order valence-corrected chi connectivity index (χ0v) is 20.3. The van der Waals surface area contributed by atoms with Crippen molar-refractivity contribution < 1.29 is 13.9 Å². The van der Waals surface area contributed by atoms with Gasteiger partial charge >= 0.3 is 0 Å². The van der Waals surface area contributed by atoms with E-state index in [1.165, 1.54) is 23.9 Å². The number of nitrogens with one attached hydrogen (secondary N) is 2. The molecule has 0 spiro atoms. The number of thiophene rings is 1. The van der Waals surface area contributed by atoms with Crippen LogP contribution in [0.1, 0.15) is 0 Å². The van der Waals surface area contributed by atoms with Crippen LogP contribution < -0.4 is 15.5 Å². The summed E-state index contributed by atoms with van der Waals surface area (Å²) in [5, 5.41) is 8.65. The van der Waals surface area contributed by atoms with Crippen LogP contribution in [0.4, 0.5) is 27.4 Å². The van der Waals surface area contributed by atoms with Gasteiger partial charge in [-0.3, -0.25) is 4.79 Å². The topological polar surface area (TPSA) is 79.4 Å². The van der Waals surface area contributed by atoms with Crippen molar-refractivity contribution in [1.82, 2.24) is 9.97 Å². The number of fused-ring (bicyclic) bond motifs is 1. The highest BCUT2D eigenvalue weighted by atomic mass is 32.2. The van der Waals surface area contributed by atoms with Gasteiger partial charge < -0.3 is 20.3 Å². The minimum Gasteiger partial charge on any atom is -0.378 e. The molecule has 1 aliphatic heterocycles. The highest BCUT2D eigenvalue weighted by molar-refractivity contribution is 7.99. The van der Waals surface area contributed by atoms with Gasteiger partial charge in [0.2, 0.25) is 11.9 Å². The second kappa shape index (κ2) is 10.4. The predicted octanol–water partition coefficient (Wildman–Crippen LogP) is 5.69. The zero-order chi connectivity index (χ0) is 24.2. The molecule has 2 aromatic carbocycles. The van der Waals surface area contributed by atoms with Gasteiger partial charge in [0.15, 0.2) is 0 Å². The van der Waals surface area contributed by atoms with E-state index in [0.29, 0.717) is 49.3 Å². The number of carbonyl (C=O) groups excluding carboxylic acids is 1. The Balaban J connectivity index is 1.39. The van der Waals surface area contributed by atoms with E-state index in [-0.39, 0.29) is 11.7 Å². The van der Waals surface area contributed by atoms with Gasteiger partial charge in [-0.2, -0.15) is 0 Å². The van der Waals surface area contributed by atoms with E-state index < -0.39 is 0 Å². The molecule has 5 rings (SSSR count). The van der Waals surface area contributed by atoms with Gasteiger partial charge in [0.1, 0.15) is 10.8 Å². The molecule has 1 saturated heterocycles. The Kier molecular flexibility index (Phi) is 6.94. The van der Waals surface area contributed by atoms with Crippen LogP contribution in [0, 0.1) is 5.82 Å². The maximum atomic E-state index is 14.9. The molecule has 10 heteroatoms. The number of hydrogen-bond acceptors (Lipinski definition) is 8. The number of ether oxygens (including phenoxy) is 1. The van der Waals surface area contributed by atoms with Crippen molar-refractivity contribution in [3.05, 3.63) is 72.4 Å². The van der Waals surface area contributed by atoms with Crippen LogP contribution in [0.2, 0.25) is 0 Å². The highest BCUT2D eigenvalue weighted by Gasteiger charge is 2.16. The average Bonchev–Trinajstić information content (AvgIpc) is 3.34. The second-order valence-electron chi connectivity index (χ2n) is 7.70. The summed E-state index contributed by atoms with van der Waals surface area (Å²) >= 11 is 3.02. The lowest BCUT2D eigenvalue weighted by Crippen LogP contribution is -2.36. The molecular formula is C25H22FN5O2S2. The average molecular weight is 508 g/mol. The maximum Gasteiger partial charge on any atom is 0.247 e. The van der Waals surface area contributed by atoms with Crippen LogP contribution in [-0.2, 0) is 9.53 Å². The number of aromatic nitrogens is 2. The molecule has 1 aliphatic rings. The Hall–Kier alpha value is -3.47. The van der Waals surface area contributed by atoms with Crippen molar-refractivity contribution in [1.29, 1.82) is 0 Å². The first kappa shape index (κ1) is 23.3. The Morgan fingerprint density at radius 3 is 2.80 bits per heavy atom. The lowest BCUT2D eigenvalue weighted by molar-refractivity contribution is -0.111. The van der Waals surface area contributed by atoms with Crippen molar-refractivity contribution in [3.8, 4) is 0 Å². The monoisotopic (exact) mass is 507 g/mol. The molecule has 7 nitrogen and oxygen atoms in total.